The van der Waals surface area contributed by atoms with E-state index in [1.165, 1.54) is 6.07 Å². The lowest BCUT2D eigenvalue weighted by molar-refractivity contribution is 0.0966. The van der Waals surface area contributed by atoms with Crippen LogP contribution in [0.3, 0.4) is 0 Å². The molecule has 170 valence electrons. The van der Waals surface area contributed by atoms with Gasteiger partial charge in [0.15, 0.2) is 5.78 Å². The van der Waals surface area contributed by atoms with Crippen molar-refractivity contribution < 1.29 is 9.59 Å². The van der Waals surface area contributed by atoms with Gasteiger partial charge in [-0.2, -0.15) is 0 Å². The minimum atomic E-state index is -0.523. The van der Waals surface area contributed by atoms with Gasteiger partial charge in [-0.1, -0.05) is 41.4 Å². The summed E-state index contributed by atoms with van der Waals surface area (Å²) in [5, 5.41) is 7.02. The largest absolute Gasteiger partial charge is 0.370 e. The van der Waals surface area contributed by atoms with E-state index in [0.29, 0.717) is 28.4 Å². The molecule has 5 rings (SSSR count). The summed E-state index contributed by atoms with van der Waals surface area (Å²) in [5.41, 5.74) is 5.25. The lowest BCUT2D eigenvalue weighted by Crippen LogP contribution is -2.23. The van der Waals surface area contributed by atoms with E-state index in [9.17, 15) is 9.59 Å². The van der Waals surface area contributed by atoms with Gasteiger partial charge >= 0.3 is 0 Å². The van der Waals surface area contributed by atoms with Gasteiger partial charge in [-0.05, 0) is 72.6 Å². The van der Waals surface area contributed by atoms with Crippen LogP contribution in [-0.2, 0) is 6.54 Å². The molecule has 2 heterocycles. The lowest BCUT2D eigenvalue weighted by atomic mass is 9.96. The van der Waals surface area contributed by atoms with Crippen molar-refractivity contribution in [3.8, 4) is 0 Å². The number of nitrogens with one attached hydrogen (secondary N) is 2. The van der Waals surface area contributed by atoms with Gasteiger partial charge in [-0.15, -0.1) is 0 Å². The third-order valence-corrected chi connectivity index (χ3v) is 6.55. The predicted molar refractivity (Wildman–Crippen MR) is 136 cm³/mol. The van der Waals surface area contributed by atoms with Crippen molar-refractivity contribution in [1.29, 1.82) is 0 Å². The van der Waals surface area contributed by atoms with Crippen LogP contribution in [0, 0.1) is 6.92 Å². The van der Waals surface area contributed by atoms with Gasteiger partial charge in [-0.3, -0.25) is 9.59 Å². The SMILES string of the molecule is Cc1cc(NC(=O)c2ccc(Cl)cc2Cl)ccc1C(=O)C1Nc2ccccc2Cn2cccc21. The van der Waals surface area contributed by atoms with Crippen molar-refractivity contribution >= 4 is 46.3 Å². The third kappa shape index (κ3) is 4.20. The maximum Gasteiger partial charge on any atom is 0.257 e. The number of hydrogen-bond donors (Lipinski definition) is 2. The molecule has 0 spiro atoms. The van der Waals surface area contributed by atoms with Gasteiger partial charge in [-0.25, -0.2) is 0 Å². The van der Waals surface area contributed by atoms with Crippen LogP contribution < -0.4 is 10.6 Å². The highest BCUT2D eigenvalue weighted by Gasteiger charge is 2.29. The summed E-state index contributed by atoms with van der Waals surface area (Å²) in [6.45, 7) is 2.56. The number of ketones is 1. The predicted octanol–water partition coefficient (Wildman–Crippen LogP) is 6.75. The Hall–Kier alpha value is -3.54. The number of amides is 1. The molecular weight excluding hydrogens is 469 g/mol. The van der Waals surface area contributed by atoms with Crippen molar-refractivity contribution in [2.24, 2.45) is 0 Å². The first-order valence-corrected chi connectivity index (χ1v) is 11.6. The number of aryl methyl sites for hydroxylation is 1. The second kappa shape index (κ2) is 9.01. The first-order chi connectivity index (χ1) is 16.4. The van der Waals surface area contributed by atoms with Gasteiger partial charge in [0, 0.05) is 40.4 Å². The molecule has 1 aliphatic heterocycles. The zero-order chi connectivity index (χ0) is 23.8. The molecule has 0 aliphatic carbocycles. The summed E-state index contributed by atoms with van der Waals surface area (Å²) < 4.78 is 2.10. The second-order valence-electron chi connectivity index (χ2n) is 8.27. The van der Waals surface area contributed by atoms with Gasteiger partial charge in [0.2, 0.25) is 0 Å². The van der Waals surface area contributed by atoms with E-state index in [2.05, 4.69) is 21.3 Å². The summed E-state index contributed by atoms with van der Waals surface area (Å²) in [7, 11) is 0. The number of carbonyl (C=O) groups is 2. The van der Waals surface area contributed by atoms with Crippen LogP contribution in [0.25, 0.3) is 0 Å². The topological polar surface area (TPSA) is 63.1 Å². The molecular formula is C27H21Cl2N3O2. The van der Waals surface area contributed by atoms with E-state index in [4.69, 9.17) is 23.2 Å². The number of hydrogen-bond acceptors (Lipinski definition) is 3. The summed E-state index contributed by atoms with van der Waals surface area (Å²) >= 11 is 12.1. The van der Waals surface area contributed by atoms with Crippen LogP contribution >= 0.6 is 23.2 Å². The Balaban J connectivity index is 1.41. The number of para-hydroxylation sites is 1. The molecule has 4 aromatic rings. The number of rotatable bonds is 4. The molecule has 1 aliphatic rings. The molecule has 1 atom stereocenters. The summed E-state index contributed by atoms with van der Waals surface area (Å²) in [4.78, 5) is 26.4. The van der Waals surface area contributed by atoms with Crippen LogP contribution in [0.15, 0.2) is 79.0 Å². The zero-order valence-corrected chi connectivity index (χ0v) is 19.8. The minimum Gasteiger partial charge on any atom is -0.370 e. The fourth-order valence-electron chi connectivity index (χ4n) is 4.29. The summed E-state index contributed by atoms with van der Waals surface area (Å²) in [6, 6.07) is 21.4. The molecule has 7 heteroatoms. The number of carbonyl (C=O) groups excluding carboxylic acids is 2. The van der Waals surface area contributed by atoms with Crippen molar-refractivity contribution in [2.75, 3.05) is 10.6 Å². The standard InChI is InChI=1S/C27H21Cl2N3O2/c1-16-13-19(30-27(34)21-10-8-18(28)14-22(21)29)9-11-20(16)26(33)25-24-7-4-12-32(24)15-17-5-2-3-6-23(17)31-25/h2-14,25,31H,15H2,1H3,(H,30,34). The average molecular weight is 490 g/mol. The Bertz CT molecular complexity index is 1430. The third-order valence-electron chi connectivity index (χ3n) is 6.01. The van der Waals surface area contributed by atoms with E-state index in [0.717, 1.165) is 22.5 Å². The highest BCUT2D eigenvalue weighted by atomic mass is 35.5. The number of fused-ring (bicyclic) bond motifs is 2. The smallest absolute Gasteiger partial charge is 0.257 e. The monoisotopic (exact) mass is 489 g/mol. The van der Waals surface area contributed by atoms with Crippen molar-refractivity contribution in [1.82, 2.24) is 4.57 Å². The fraction of sp³-hybridized carbons (Fsp3) is 0.111. The van der Waals surface area contributed by atoms with Crippen LogP contribution in [-0.4, -0.2) is 16.3 Å². The Kier molecular flexibility index (Phi) is 5.90. The normalized spacial score (nSPS) is 14.4. The molecule has 0 fully saturated rings. The first-order valence-electron chi connectivity index (χ1n) is 10.8. The number of anilines is 2. The number of aromatic nitrogens is 1. The molecule has 34 heavy (non-hydrogen) atoms. The Morgan fingerprint density at radius 1 is 0.971 bits per heavy atom. The Morgan fingerprint density at radius 3 is 2.56 bits per heavy atom. The zero-order valence-electron chi connectivity index (χ0n) is 18.3. The number of Topliss-reactive ketones (excluding diaryl/α,β-unsaturated/α-hetero) is 1. The van der Waals surface area contributed by atoms with Crippen molar-refractivity contribution in [2.45, 2.75) is 19.5 Å². The minimum absolute atomic E-state index is 0.0345. The highest BCUT2D eigenvalue weighted by molar-refractivity contribution is 6.37. The number of benzene rings is 3. The maximum absolute atomic E-state index is 13.7. The molecule has 3 aromatic carbocycles. The molecule has 1 aromatic heterocycles. The lowest BCUT2D eigenvalue weighted by Gasteiger charge is -2.19. The molecule has 0 radical (unpaired) electrons. The molecule has 5 nitrogen and oxygen atoms in total. The van der Waals surface area contributed by atoms with E-state index in [-0.39, 0.29) is 16.7 Å². The molecule has 0 bridgehead atoms. The van der Waals surface area contributed by atoms with Crippen LogP contribution in [0.2, 0.25) is 10.0 Å². The quantitative estimate of drug-likeness (QED) is 0.311. The van der Waals surface area contributed by atoms with Gasteiger partial charge in [0.05, 0.1) is 10.6 Å². The van der Waals surface area contributed by atoms with E-state index < -0.39 is 6.04 Å². The molecule has 1 unspecified atom stereocenters. The average Bonchev–Trinajstić information content (AvgIpc) is 3.19. The molecule has 2 N–H and O–H groups in total. The second-order valence-corrected chi connectivity index (χ2v) is 9.11. The molecule has 0 saturated carbocycles. The summed E-state index contributed by atoms with van der Waals surface area (Å²) in [6.07, 6.45) is 1.99. The van der Waals surface area contributed by atoms with Gasteiger partial charge < -0.3 is 15.2 Å². The molecule has 1 amide bonds. The highest BCUT2D eigenvalue weighted by Crippen LogP contribution is 2.32. The first kappa shape index (κ1) is 22.3. The van der Waals surface area contributed by atoms with E-state index in [1.54, 1.807) is 30.3 Å². The number of nitrogens with zero attached hydrogens (tertiary/aromatic N) is 1. The Labute approximate surface area is 207 Å². The Morgan fingerprint density at radius 2 is 1.76 bits per heavy atom. The number of halogens is 2. The van der Waals surface area contributed by atoms with Crippen molar-refractivity contribution in [3.05, 3.63) is 117 Å². The fourth-order valence-corrected chi connectivity index (χ4v) is 4.78. The van der Waals surface area contributed by atoms with Crippen molar-refractivity contribution in [3.63, 3.8) is 0 Å². The molecule has 0 saturated heterocycles. The van der Waals surface area contributed by atoms with Gasteiger partial charge in [0.1, 0.15) is 6.04 Å². The summed E-state index contributed by atoms with van der Waals surface area (Å²) in [5.74, 6) is -0.382. The van der Waals surface area contributed by atoms with Crippen LogP contribution in [0.4, 0.5) is 11.4 Å². The van der Waals surface area contributed by atoms with Crippen LogP contribution in [0.5, 0.6) is 0 Å². The van der Waals surface area contributed by atoms with Gasteiger partial charge in [0.25, 0.3) is 5.91 Å². The van der Waals surface area contributed by atoms with E-state index >= 15 is 0 Å². The van der Waals surface area contributed by atoms with Crippen LogP contribution in [0.1, 0.15) is 43.6 Å². The van der Waals surface area contributed by atoms with E-state index in [1.807, 2.05) is 43.5 Å². The maximum atomic E-state index is 13.7.